The van der Waals surface area contributed by atoms with Gasteiger partial charge < -0.3 is 14.6 Å². The first-order valence-corrected chi connectivity index (χ1v) is 11.4. The molecular formula is C28H25F2N3O3. The van der Waals surface area contributed by atoms with Crippen LogP contribution in [0.1, 0.15) is 41.2 Å². The Morgan fingerprint density at radius 1 is 1.00 bits per heavy atom. The first-order chi connectivity index (χ1) is 17.3. The molecule has 0 saturated heterocycles. The molecule has 1 unspecified atom stereocenters. The molecule has 0 aliphatic rings. The minimum Gasteiger partial charge on any atom is -0.441 e. The molecule has 0 aliphatic heterocycles. The second kappa shape index (κ2) is 10.9. The molecule has 2 amide bonds. The van der Waals surface area contributed by atoms with Gasteiger partial charge in [0.25, 0.3) is 5.91 Å². The molecule has 4 aromatic rings. The number of nitrogens with one attached hydrogen (secondary N) is 1. The van der Waals surface area contributed by atoms with Crippen LogP contribution in [-0.4, -0.2) is 28.7 Å². The summed E-state index contributed by atoms with van der Waals surface area (Å²) in [4.78, 5) is 30.9. The van der Waals surface area contributed by atoms with E-state index in [-0.39, 0.29) is 47.9 Å². The predicted octanol–water partition coefficient (Wildman–Crippen LogP) is 6.02. The molecule has 0 fully saturated rings. The third-order valence-corrected chi connectivity index (χ3v) is 5.95. The van der Waals surface area contributed by atoms with Gasteiger partial charge in [0.05, 0.1) is 17.8 Å². The summed E-state index contributed by atoms with van der Waals surface area (Å²) in [6.07, 6.45) is 1.53. The fourth-order valence-corrected chi connectivity index (χ4v) is 3.77. The molecule has 0 spiro atoms. The van der Waals surface area contributed by atoms with Crippen molar-refractivity contribution in [1.29, 1.82) is 0 Å². The highest BCUT2D eigenvalue weighted by atomic mass is 19.1. The summed E-state index contributed by atoms with van der Waals surface area (Å²) in [7, 11) is 1.69. The first-order valence-electron chi connectivity index (χ1n) is 11.4. The largest absolute Gasteiger partial charge is 0.441 e. The molecule has 4 rings (SSSR count). The van der Waals surface area contributed by atoms with Gasteiger partial charge in [-0.25, -0.2) is 13.8 Å². The molecule has 3 aromatic carbocycles. The zero-order valence-corrected chi connectivity index (χ0v) is 19.9. The summed E-state index contributed by atoms with van der Waals surface area (Å²) in [6.45, 7) is 1.89. The number of benzene rings is 3. The highest BCUT2D eigenvalue weighted by Gasteiger charge is 2.20. The maximum atomic E-state index is 14.0. The molecule has 1 N–H and O–H groups in total. The number of amides is 2. The monoisotopic (exact) mass is 489 g/mol. The van der Waals surface area contributed by atoms with Crippen molar-refractivity contribution in [1.82, 2.24) is 9.88 Å². The Labute approximate surface area is 207 Å². The zero-order chi connectivity index (χ0) is 25.7. The van der Waals surface area contributed by atoms with Gasteiger partial charge in [-0.15, -0.1) is 0 Å². The van der Waals surface area contributed by atoms with E-state index in [1.165, 1.54) is 12.3 Å². The Morgan fingerprint density at radius 3 is 2.42 bits per heavy atom. The number of carbonyl (C=O) groups excluding carboxylic acids is 2. The van der Waals surface area contributed by atoms with E-state index in [0.717, 1.165) is 17.7 Å². The fourth-order valence-electron chi connectivity index (χ4n) is 3.77. The van der Waals surface area contributed by atoms with Crippen molar-refractivity contribution < 1.29 is 22.8 Å². The van der Waals surface area contributed by atoms with Gasteiger partial charge in [-0.1, -0.05) is 36.4 Å². The number of halogens is 2. The number of oxazole rings is 1. The zero-order valence-electron chi connectivity index (χ0n) is 19.9. The Hall–Kier alpha value is -4.33. The van der Waals surface area contributed by atoms with Crippen molar-refractivity contribution in [2.24, 2.45) is 0 Å². The van der Waals surface area contributed by atoms with Gasteiger partial charge in [-0.3, -0.25) is 9.59 Å². The summed E-state index contributed by atoms with van der Waals surface area (Å²) < 4.78 is 33.5. The van der Waals surface area contributed by atoms with Crippen LogP contribution in [0, 0.1) is 11.6 Å². The van der Waals surface area contributed by atoms with Gasteiger partial charge in [-0.2, -0.15) is 0 Å². The summed E-state index contributed by atoms with van der Waals surface area (Å²) in [5.74, 6) is -1.67. The van der Waals surface area contributed by atoms with E-state index in [2.05, 4.69) is 10.3 Å². The molecule has 0 aliphatic carbocycles. The van der Waals surface area contributed by atoms with Crippen molar-refractivity contribution in [3.63, 3.8) is 0 Å². The molecule has 1 heterocycles. The van der Waals surface area contributed by atoms with E-state index in [1.54, 1.807) is 42.3 Å². The standard InChI is InChI=1S/C28H25F2N3O3/c1-18(20-10-6-11-21(16-20)32-28(35)19-8-4-3-5-9-19)33(2)26(34)15-14-25-31-17-24(36-25)27-22(29)12-7-13-23(27)30/h3-13,16-18H,14-15H2,1-2H3,(H,32,35). The predicted molar refractivity (Wildman–Crippen MR) is 132 cm³/mol. The topological polar surface area (TPSA) is 75.4 Å². The van der Waals surface area contributed by atoms with Gasteiger partial charge in [0.2, 0.25) is 5.91 Å². The lowest BCUT2D eigenvalue weighted by atomic mass is 10.1. The minimum atomic E-state index is -0.746. The van der Waals surface area contributed by atoms with E-state index < -0.39 is 11.6 Å². The highest BCUT2D eigenvalue weighted by molar-refractivity contribution is 6.04. The number of aromatic nitrogens is 1. The smallest absolute Gasteiger partial charge is 0.255 e. The van der Waals surface area contributed by atoms with Crippen molar-refractivity contribution in [3.05, 3.63) is 108 Å². The number of carbonyl (C=O) groups is 2. The minimum absolute atomic E-state index is 0.0239. The van der Waals surface area contributed by atoms with Crippen LogP contribution in [-0.2, 0) is 11.2 Å². The van der Waals surface area contributed by atoms with Gasteiger partial charge in [0.15, 0.2) is 11.7 Å². The number of anilines is 1. The number of rotatable bonds is 8. The molecule has 1 aromatic heterocycles. The van der Waals surface area contributed by atoms with Crippen LogP contribution in [0.4, 0.5) is 14.5 Å². The van der Waals surface area contributed by atoms with Gasteiger partial charge in [0.1, 0.15) is 11.6 Å². The molecule has 6 nitrogen and oxygen atoms in total. The average Bonchev–Trinajstić information content (AvgIpc) is 3.35. The van der Waals surface area contributed by atoms with Crippen molar-refractivity contribution in [2.75, 3.05) is 12.4 Å². The lowest BCUT2D eigenvalue weighted by molar-refractivity contribution is -0.131. The Balaban J connectivity index is 1.37. The summed E-state index contributed by atoms with van der Waals surface area (Å²) >= 11 is 0. The molecule has 0 radical (unpaired) electrons. The van der Waals surface area contributed by atoms with Crippen molar-refractivity contribution >= 4 is 17.5 Å². The van der Waals surface area contributed by atoms with Crippen LogP contribution in [0.3, 0.4) is 0 Å². The Bertz CT molecular complexity index is 1350. The van der Waals surface area contributed by atoms with Gasteiger partial charge in [0, 0.05) is 31.1 Å². The van der Waals surface area contributed by atoms with E-state index in [4.69, 9.17) is 4.42 Å². The third kappa shape index (κ3) is 5.66. The quantitative estimate of drug-likeness (QED) is 0.328. The fraction of sp³-hybridized carbons (Fsp3) is 0.179. The lowest BCUT2D eigenvalue weighted by Gasteiger charge is -2.25. The summed E-state index contributed by atoms with van der Waals surface area (Å²) in [6, 6.07) is 19.5. The van der Waals surface area contributed by atoms with E-state index in [1.807, 2.05) is 31.2 Å². The second-order valence-corrected chi connectivity index (χ2v) is 8.34. The van der Waals surface area contributed by atoms with Gasteiger partial charge in [-0.05, 0) is 48.9 Å². The SMILES string of the molecule is CC(c1cccc(NC(=O)c2ccccc2)c1)N(C)C(=O)CCc1ncc(-c2c(F)cccc2F)o1. The highest BCUT2D eigenvalue weighted by Crippen LogP contribution is 2.27. The molecule has 184 valence electrons. The molecule has 8 heteroatoms. The van der Waals surface area contributed by atoms with E-state index in [9.17, 15) is 18.4 Å². The molecule has 1 atom stereocenters. The van der Waals surface area contributed by atoms with Crippen LogP contribution in [0.25, 0.3) is 11.3 Å². The number of nitrogens with zero attached hydrogens (tertiary/aromatic N) is 2. The average molecular weight is 490 g/mol. The maximum Gasteiger partial charge on any atom is 0.255 e. The van der Waals surface area contributed by atoms with Crippen molar-refractivity contribution in [2.45, 2.75) is 25.8 Å². The molecule has 0 bridgehead atoms. The van der Waals surface area contributed by atoms with Crippen LogP contribution < -0.4 is 5.32 Å². The second-order valence-electron chi connectivity index (χ2n) is 8.34. The van der Waals surface area contributed by atoms with Gasteiger partial charge >= 0.3 is 0 Å². The van der Waals surface area contributed by atoms with Crippen LogP contribution in [0.15, 0.2) is 83.4 Å². The molecule has 36 heavy (non-hydrogen) atoms. The summed E-state index contributed by atoms with van der Waals surface area (Å²) in [5, 5.41) is 2.88. The maximum absolute atomic E-state index is 14.0. The lowest BCUT2D eigenvalue weighted by Crippen LogP contribution is -2.29. The van der Waals surface area contributed by atoms with E-state index in [0.29, 0.717) is 11.3 Å². The number of hydrogen-bond acceptors (Lipinski definition) is 4. The van der Waals surface area contributed by atoms with Crippen LogP contribution in [0.2, 0.25) is 0 Å². The normalized spacial score (nSPS) is 11.7. The van der Waals surface area contributed by atoms with E-state index >= 15 is 0 Å². The first kappa shape index (κ1) is 24.8. The molecule has 0 saturated carbocycles. The summed E-state index contributed by atoms with van der Waals surface area (Å²) in [5.41, 5.74) is 1.75. The van der Waals surface area contributed by atoms with Crippen LogP contribution in [0.5, 0.6) is 0 Å². The van der Waals surface area contributed by atoms with Crippen LogP contribution >= 0.6 is 0 Å². The van der Waals surface area contributed by atoms with Crippen molar-refractivity contribution in [3.8, 4) is 11.3 Å². The number of hydrogen-bond donors (Lipinski definition) is 1. The third-order valence-electron chi connectivity index (χ3n) is 5.95. The Morgan fingerprint density at radius 2 is 1.69 bits per heavy atom. The Kier molecular flexibility index (Phi) is 7.53. The molecular weight excluding hydrogens is 464 g/mol. The number of aryl methyl sites for hydroxylation is 1.